The molecule has 7 unspecified atom stereocenters. The number of ether oxygens (including phenoxy) is 2. The summed E-state index contributed by atoms with van der Waals surface area (Å²) >= 11 is 0. The van der Waals surface area contributed by atoms with Crippen molar-refractivity contribution in [2.75, 3.05) is 13.2 Å². The third-order valence-corrected chi connectivity index (χ3v) is 15.0. The van der Waals surface area contributed by atoms with Gasteiger partial charge < -0.3 is 40.3 Å². The molecule has 1 aliphatic heterocycles. The Morgan fingerprint density at radius 3 is 1.19 bits per heavy atom. The third-order valence-electron chi connectivity index (χ3n) is 15.0. The largest absolute Gasteiger partial charge is 0.394 e. The third kappa shape index (κ3) is 45.8. The smallest absolute Gasteiger partial charge is 0.220 e. The second-order valence-electron chi connectivity index (χ2n) is 22.2. The average molecular weight is 1080 g/mol. The first-order chi connectivity index (χ1) is 37.8. The molecule has 77 heavy (non-hydrogen) atoms. The molecule has 0 radical (unpaired) electrons. The Labute approximate surface area is 473 Å². The van der Waals surface area contributed by atoms with Gasteiger partial charge in [-0.3, -0.25) is 4.79 Å². The highest BCUT2D eigenvalue weighted by molar-refractivity contribution is 5.76. The van der Waals surface area contributed by atoms with E-state index in [2.05, 4.69) is 104 Å². The maximum absolute atomic E-state index is 13.1. The molecule has 1 fully saturated rings. The first kappa shape index (κ1) is 72.4. The molecule has 0 saturated carbocycles. The van der Waals surface area contributed by atoms with Crippen LogP contribution in [-0.2, 0) is 14.3 Å². The zero-order valence-electron chi connectivity index (χ0n) is 49.7. The highest BCUT2D eigenvalue weighted by Crippen LogP contribution is 2.23. The van der Waals surface area contributed by atoms with Crippen molar-refractivity contribution in [3.05, 3.63) is 85.1 Å². The molecule has 7 atom stereocenters. The maximum atomic E-state index is 13.1. The van der Waals surface area contributed by atoms with E-state index in [0.717, 1.165) is 83.5 Å². The number of carbonyl (C=O) groups excluding carboxylic acids is 1. The highest BCUT2D eigenvalue weighted by atomic mass is 16.7. The fourth-order valence-corrected chi connectivity index (χ4v) is 9.97. The predicted molar refractivity (Wildman–Crippen MR) is 327 cm³/mol. The van der Waals surface area contributed by atoms with Crippen molar-refractivity contribution in [3.8, 4) is 0 Å². The number of hydrogen-bond acceptors (Lipinski definition) is 8. The lowest BCUT2D eigenvalue weighted by Gasteiger charge is -2.40. The molecule has 1 heterocycles. The van der Waals surface area contributed by atoms with Gasteiger partial charge in [0.05, 0.1) is 25.4 Å². The lowest BCUT2D eigenvalue weighted by Crippen LogP contribution is -2.60. The van der Waals surface area contributed by atoms with Crippen molar-refractivity contribution < 1.29 is 39.8 Å². The van der Waals surface area contributed by atoms with E-state index in [1.165, 1.54) is 173 Å². The molecule has 1 rings (SSSR count). The lowest BCUT2D eigenvalue weighted by atomic mass is 9.99. The lowest BCUT2D eigenvalue weighted by molar-refractivity contribution is -0.302. The van der Waals surface area contributed by atoms with E-state index < -0.39 is 49.5 Å². The molecule has 9 nitrogen and oxygen atoms in total. The van der Waals surface area contributed by atoms with Crippen molar-refractivity contribution in [2.24, 2.45) is 0 Å². The summed E-state index contributed by atoms with van der Waals surface area (Å²) in [4.78, 5) is 13.1. The molecule has 1 aliphatic rings. The molecule has 6 N–H and O–H groups in total. The van der Waals surface area contributed by atoms with Crippen LogP contribution in [0.25, 0.3) is 0 Å². The molecule has 1 saturated heterocycles. The molecule has 0 aromatic heterocycles. The van der Waals surface area contributed by atoms with Crippen molar-refractivity contribution >= 4 is 5.91 Å². The van der Waals surface area contributed by atoms with E-state index >= 15 is 0 Å². The van der Waals surface area contributed by atoms with E-state index in [1.54, 1.807) is 0 Å². The standard InChI is InChI=1S/C68H121NO8/c1-3-5-7-9-11-13-15-17-19-20-21-22-23-24-25-26-27-28-29-30-31-32-33-34-35-36-37-38-39-40-41-42-44-46-48-50-52-54-56-58-64(72)69-61(60-76-68-67(75)66(74)65(73)63(59-70)77-68)62(71)57-55-53-51-49-47-45-43-18-16-14-12-10-8-6-4-2/h5,7,11,13,17,19,21-22,24-25,27-28,30-31,61-63,65-68,70-71,73-75H,3-4,6,8-10,12,14-16,18,20,23,26,29,32-60H2,1-2H3,(H,69,72)/b7-5-,13-11-,19-17-,22-21-,25-24-,28-27-,31-30-. The summed E-state index contributed by atoms with van der Waals surface area (Å²) in [5.74, 6) is -0.143. The normalized spacial score (nSPS) is 19.3. The molecule has 0 spiro atoms. The minimum Gasteiger partial charge on any atom is -0.394 e. The van der Waals surface area contributed by atoms with Gasteiger partial charge in [0.15, 0.2) is 6.29 Å². The van der Waals surface area contributed by atoms with Gasteiger partial charge >= 0.3 is 0 Å². The number of allylic oxidation sites excluding steroid dienone is 14. The summed E-state index contributed by atoms with van der Waals surface area (Å²) in [7, 11) is 0. The van der Waals surface area contributed by atoms with Crippen LogP contribution in [0.1, 0.15) is 284 Å². The van der Waals surface area contributed by atoms with Crippen LogP contribution in [0.4, 0.5) is 0 Å². The van der Waals surface area contributed by atoms with E-state index in [4.69, 9.17) is 9.47 Å². The monoisotopic (exact) mass is 1080 g/mol. The van der Waals surface area contributed by atoms with E-state index in [0.29, 0.717) is 12.8 Å². The number of carbonyl (C=O) groups is 1. The van der Waals surface area contributed by atoms with Crippen LogP contribution in [0.3, 0.4) is 0 Å². The van der Waals surface area contributed by atoms with Gasteiger partial charge in [-0.2, -0.15) is 0 Å². The van der Waals surface area contributed by atoms with Gasteiger partial charge in [0.2, 0.25) is 5.91 Å². The Balaban J connectivity index is 2.08. The molecule has 1 amide bonds. The predicted octanol–water partition coefficient (Wildman–Crippen LogP) is 17.0. The minimum absolute atomic E-state index is 0.138. The van der Waals surface area contributed by atoms with Crippen molar-refractivity contribution in [2.45, 2.75) is 326 Å². The second-order valence-corrected chi connectivity index (χ2v) is 22.2. The summed E-state index contributed by atoms with van der Waals surface area (Å²) in [6.07, 6.45) is 73.5. The van der Waals surface area contributed by atoms with Gasteiger partial charge in [-0.25, -0.2) is 0 Å². The Morgan fingerprint density at radius 2 is 0.805 bits per heavy atom. The van der Waals surface area contributed by atoms with E-state index in [-0.39, 0.29) is 12.5 Å². The topological polar surface area (TPSA) is 149 Å². The minimum atomic E-state index is -1.55. The molecule has 0 aromatic carbocycles. The summed E-state index contributed by atoms with van der Waals surface area (Å²) in [6.45, 7) is 3.74. The van der Waals surface area contributed by atoms with Crippen LogP contribution in [0.5, 0.6) is 0 Å². The van der Waals surface area contributed by atoms with E-state index in [1.807, 2.05) is 0 Å². The van der Waals surface area contributed by atoms with E-state index in [9.17, 15) is 30.3 Å². The van der Waals surface area contributed by atoms with Crippen LogP contribution >= 0.6 is 0 Å². The first-order valence-electron chi connectivity index (χ1n) is 32.3. The van der Waals surface area contributed by atoms with Crippen LogP contribution in [-0.4, -0.2) is 87.5 Å². The summed E-state index contributed by atoms with van der Waals surface area (Å²) in [6, 6.07) is -0.721. The SMILES string of the molecule is CC/C=C\C/C=C\C/C=C\C/C=C\C/C=C\C/C=C\C/C=C\CCCCCCCCCCCCCCCCCCCC(=O)NC(COC1OC(CO)C(O)C(O)C1O)C(O)CCCCCCCCCCCCCCCCC. The van der Waals surface area contributed by atoms with Crippen LogP contribution in [0.2, 0.25) is 0 Å². The van der Waals surface area contributed by atoms with Gasteiger partial charge in [0, 0.05) is 6.42 Å². The van der Waals surface area contributed by atoms with Gasteiger partial charge in [0.1, 0.15) is 24.4 Å². The molecular weight excluding hydrogens is 959 g/mol. The van der Waals surface area contributed by atoms with Crippen LogP contribution in [0.15, 0.2) is 85.1 Å². The summed E-state index contributed by atoms with van der Waals surface area (Å²) < 4.78 is 11.3. The maximum Gasteiger partial charge on any atom is 0.220 e. The number of nitrogens with one attached hydrogen (secondary N) is 1. The van der Waals surface area contributed by atoms with Gasteiger partial charge in [-0.1, -0.05) is 292 Å². The summed E-state index contributed by atoms with van der Waals surface area (Å²) in [5.41, 5.74) is 0. The fourth-order valence-electron chi connectivity index (χ4n) is 9.97. The number of aliphatic hydroxyl groups is 5. The Kier molecular flexibility index (Phi) is 53.2. The van der Waals surface area contributed by atoms with Crippen LogP contribution in [0, 0.1) is 0 Å². The Morgan fingerprint density at radius 1 is 0.455 bits per heavy atom. The number of aliphatic hydroxyl groups excluding tert-OH is 5. The average Bonchev–Trinajstić information content (AvgIpc) is 3.43. The zero-order chi connectivity index (χ0) is 55.8. The molecule has 0 aromatic rings. The quantitative estimate of drug-likeness (QED) is 0.0261. The van der Waals surface area contributed by atoms with Gasteiger partial charge in [-0.15, -0.1) is 0 Å². The fraction of sp³-hybridized carbons (Fsp3) is 0.779. The number of hydrogen-bond donors (Lipinski definition) is 6. The first-order valence-corrected chi connectivity index (χ1v) is 32.3. The highest BCUT2D eigenvalue weighted by Gasteiger charge is 2.44. The Bertz CT molecular complexity index is 1490. The van der Waals surface area contributed by atoms with Gasteiger partial charge in [-0.05, 0) is 70.6 Å². The molecule has 446 valence electrons. The molecule has 0 bridgehead atoms. The Hall–Kier alpha value is -2.63. The number of rotatable bonds is 55. The molecule has 0 aliphatic carbocycles. The molecular formula is C68H121NO8. The van der Waals surface area contributed by atoms with Crippen molar-refractivity contribution in [1.29, 1.82) is 0 Å². The van der Waals surface area contributed by atoms with Crippen molar-refractivity contribution in [1.82, 2.24) is 5.32 Å². The summed E-state index contributed by atoms with van der Waals surface area (Å²) in [5, 5.41) is 54.7. The number of amides is 1. The van der Waals surface area contributed by atoms with Crippen LogP contribution < -0.4 is 5.32 Å². The zero-order valence-corrected chi connectivity index (χ0v) is 49.7. The van der Waals surface area contributed by atoms with Crippen molar-refractivity contribution in [3.63, 3.8) is 0 Å². The molecule has 9 heteroatoms. The number of unbranched alkanes of at least 4 members (excludes halogenated alkanes) is 31. The second kappa shape index (κ2) is 56.6. The van der Waals surface area contributed by atoms with Gasteiger partial charge in [0.25, 0.3) is 0 Å².